The van der Waals surface area contributed by atoms with E-state index < -0.39 is 21.7 Å². The molecule has 0 saturated carbocycles. The molecule has 0 saturated heterocycles. The molecular formula is C19H23FN2O4S. The summed E-state index contributed by atoms with van der Waals surface area (Å²) in [6, 6.07) is 9.86. The van der Waals surface area contributed by atoms with E-state index in [1.807, 2.05) is 0 Å². The van der Waals surface area contributed by atoms with Crippen LogP contribution in [-0.2, 0) is 10.0 Å². The summed E-state index contributed by atoms with van der Waals surface area (Å²) in [6.45, 7) is 6.24. The Bertz CT molecular complexity index is 912. The largest absolute Gasteiger partial charge is 0.491 e. The van der Waals surface area contributed by atoms with Gasteiger partial charge in [0.15, 0.2) is 11.6 Å². The molecule has 0 heterocycles. The zero-order valence-electron chi connectivity index (χ0n) is 15.5. The van der Waals surface area contributed by atoms with Crippen molar-refractivity contribution >= 4 is 21.6 Å². The Morgan fingerprint density at radius 3 is 2.41 bits per heavy atom. The molecule has 146 valence electrons. The number of anilines is 1. The number of carbonyl (C=O) groups is 1. The molecule has 0 aliphatic heterocycles. The van der Waals surface area contributed by atoms with E-state index in [2.05, 4.69) is 5.32 Å². The molecule has 0 fully saturated rings. The van der Waals surface area contributed by atoms with Crippen molar-refractivity contribution in [2.75, 3.05) is 25.0 Å². The third-order valence-corrected chi connectivity index (χ3v) is 5.97. The van der Waals surface area contributed by atoms with Crippen LogP contribution >= 0.6 is 0 Å². The number of nitrogens with one attached hydrogen (secondary N) is 1. The van der Waals surface area contributed by atoms with Gasteiger partial charge in [-0.15, -0.1) is 0 Å². The van der Waals surface area contributed by atoms with Gasteiger partial charge in [-0.25, -0.2) is 12.8 Å². The number of sulfonamides is 1. The third kappa shape index (κ3) is 4.84. The molecule has 2 aromatic carbocycles. The van der Waals surface area contributed by atoms with Crippen molar-refractivity contribution in [2.24, 2.45) is 0 Å². The first-order chi connectivity index (χ1) is 12.8. The van der Waals surface area contributed by atoms with Crippen LogP contribution < -0.4 is 10.1 Å². The van der Waals surface area contributed by atoms with Crippen LogP contribution in [0.2, 0.25) is 0 Å². The summed E-state index contributed by atoms with van der Waals surface area (Å²) in [4.78, 5) is 12.5. The van der Waals surface area contributed by atoms with Gasteiger partial charge in [-0.05, 0) is 37.3 Å². The van der Waals surface area contributed by atoms with Crippen molar-refractivity contribution in [1.29, 1.82) is 0 Å². The first-order valence-corrected chi connectivity index (χ1v) is 10.1. The highest BCUT2D eigenvalue weighted by atomic mass is 32.2. The smallest absolute Gasteiger partial charge is 0.255 e. The Morgan fingerprint density at radius 1 is 1.11 bits per heavy atom. The summed E-state index contributed by atoms with van der Waals surface area (Å²) in [5, 5.41) is 2.56. The van der Waals surface area contributed by atoms with Gasteiger partial charge in [0.05, 0.1) is 11.5 Å². The molecule has 2 aromatic rings. The van der Waals surface area contributed by atoms with Gasteiger partial charge in [0.2, 0.25) is 10.0 Å². The number of carbonyl (C=O) groups excluding carboxylic acids is 1. The minimum absolute atomic E-state index is 0.0386. The Hall–Kier alpha value is -2.45. The summed E-state index contributed by atoms with van der Waals surface area (Å²) < 4.78 is 45.6. The second-order valence-corrected chi connectivity index (χ2v) is 7.59. The lowest BCUT2D eigenvalue weighted by atomic mass is 10.2. The normalized spacial score (nSPS) is 11.4. The number of amides is 1. The van der Waals surface area contributed by atoms with E-state index in [4.69, 9.17) is 4.74 Å². The summed E-state index contributed by atoms with van der Waals surface area (Å²) in [6.07, 6.45) is 0. The second-order valence-electron chi connectivity index (χ2n) is 5.65. The van der Waals surface area contributed by atoms with Crippen LogP contribution in [0.4, 0.5) is 10.1 Å². The van der Waals surface area contributed by atoms with Gasteiger partial charge in [0.25, 0.3) is 5.91 Å². The predicted octanol–water partition coefficient (Wildman–Crippen LogP) is 3.51. The molecular weight excluding hydrogens is 371 g/mol. The Labute approximate surface area is 159 Å². The van der Waals surface area contributed by atoms with Crippen molar-refractivity contribution in [3.8, 4) is 5.75 Å². The number of ether oxygens (including phenoxy) is 1. The second kappa shape index (κ2) is 8.96. The van der Waals surface area contributed by atoms with Crippen LogP contribution in [0.1, 0.15) is 31.1 Å². The van der Waals surface area contributed by atoms with Gasteiger partial charge in [-0.3, -0.25) is 4.79 Å². The monoisotopic (exact) mass is 394 g/mol. The quantitative estimate of drug-likeness (QED) is 0.743. The standard InChI is InChI=1S/C19H23FN2O4S/c1-4-22(5-2)27(24,25)16-9-7-8-14(12-16)19(23)21-15-10-11-18(26-6-3)17(20)13-15/h7-13H,4-6H2,1-3H3,(H,21,23). The zero-order chi connectivity index (χ0) is 20.0. The van der Waals surface area contributed by atoms with E-state index in [0.29, 0.717) is 19.7 Å². The topological polar surface area (TPSA) is 75.7 Å². The Morgan fingerprint density at radius 2 is 1.81 bits per heavy atom. The highest BCUT2D eigenvalue weighted by Gasteiger charge is 2.22. The molecule has 1 N–H and O–H groups in total. The summed E-state index contributed by atoms with van der Waals surface area (Å²) in [5.41, 5.74) is 0.412. The van der Waals surface area contributed by atoms with Crippen molar-refractivity contribution in [2.45, 2.75) is 25.7 Å². The zero-order valence-corrected chi connectivity index (χ0v) is 16.3. The van der Waals surface area contributed by atoms with Crippen LogP contribution in [0.5, 0.6) is 5.75 Å². The molecule has 0 spiro atoms. The molecule has 2 rings (SSSR count). The summed E-state index contributed by atoms with van der Waals surface area (Å²) >= 11 is 0. The average molecular weight is 394 g/mol. The van der Waals surface area contributed by atoms with Crippen molar-refractivity contribution in [1.82, 2.24) is 4.31 Å². The molecule has 0 aromatic heterocycles. The van der Waals surface area contributed by atoms with Gasteiger partial charge >= 0.3 is 0 Å². The van der Waals surface area contributed by atoms with Crippen LogP contribution in [0.25, 0.3) is 0 Å². The fraction of sp³-hybridized carbons (Fsp3) is 0.316. The van der Waals surface area contributed by atoms with Crippen LogP contribution in [0, 0.1) is 5.82 Å². The number of nitrogens with zero attached hydrogens (tertiary/aromatic N) is 1. The van der Waals surface area contributed by atoms with Crippen molar-refractivity contribution in [3.05, 3.63) is 53.8 Å². The summed E-state index contributed by atoms with van der Waals surface area (Å²) in [5.74, 6) is -1.02. The Balaban J connectivity index is 2.24. The molecule has 6 nitrogen and oxygen atoms in total. The van der Waals surface area contributed by atoms with Gasteiger partial charge in [0.1, 0.15) is 0 Å². The maximum atomic E-state index is 13.9. The lowest BCUT2D eigenvalue weighted by Crippen LogP contribution is -2.30. The number of benzene rings is 2. The molecule has 0 radical (unpaired) electrons. The average Bonchev–Trinajstić information content (AvgIpc) is 2.65. The van der Waals surface area contributed by atoms with Gasteiger partial charge in [-0.2, -0.15) is 4.31 Å². The maximum Gasteiger partial charge on any atom is 0.255 e. The third-order valence-electron chi connectivity index (χ3n) is 3.93. The van der Waals surface area contributed by atoms with Gasteiger partial charge in [0, 0.05) is 30.4 Å². The fourth-order valence-corrected chi connectivity index (χ4v) is 4.07. The van der Waals surface area contributed by atoms with Crippen LogP contribution in [-0.4, -0.2) is 38.3 Å². The molecule has 0 aliphatic rings. The lowest BCUT2D eigenvalue weighted by molar-refractivity contribution is 0.102. The number of halogens is 1. The SMILES string of the molecule is CCOc1ccc(NC(=O)c2cccc(S(=O)(=O)N(CC)CC)c2)cc1F. The molecule has 27 heavy (non-hydrogen) atoms. The van der Waals surface area contributed by atoms with E-state index in [1.165, 1.54) is 40.7 Å². The first kappa shape index (κ1) is 20.9. The summed E-state index contributed by atoms with van der Waals surface area (Å²) in [7, 11) is -3.67. The van der Waals surface area contributed by atoms with Crippen LogP contribution in [0.15, 0.2) is 47.4 Å². The highest BCUT2D eigenvalue weighted by Crippen LogP contribution is 2.22. The molecule has 0 bridgehead atoms. The van der Waals surface area contributed by atoms with Gasteiger partial charge < -0.3 is 10.1 Å². The number of rotatable bonds is 8. The minimum Gasteiger partial charge on any atom is -0.491 e. The molecule has 0 atom stereocenters. The maximum absolute atomic E-state index is 13.9. The molecule has 1 amide bonds. The van der Waals surface area contributed by atoms with E-state index in [1.54, 1.807) is 20.8 Å². The highest BCUT2D eigenvalue weighted by molar-refractivity contribution is 7.89. The van der Waals surface area contributed by atoms with Crippen molar-refractivity contribution < 1.29 is 22.3 Å². The fourth-order valence-electron chi connectivity index (χ4n) is 2.56. The van der Waals surface area contributed by atoms with Gasteiger partial charge in [-0.1, -0.05) is 19.9 Å². The van der Waals surface area contributed by atoms with E-state index >= 15 is 0 Å². The minimum atomic E-state index is -3.67. The van der Waals surface area contributed by atoms with Crippen molar-refractivity contribution in [3.63, 3.8) is 0 Å². The molecule has 0 unspecified atom stereocenters. The van der Waals surface area contributed by atoms with E-state index in [-0.39, 0.29) is 21.9 Å². The number of hydrogen-bond acceptors (Lipinski definition) is 4. The lowest BCUT2D eigenvalue weighted by Gasteiger charge is -2.18. The van der Waals surface area contributed by atoms with E-state index in [0.717, 1.165) is 6.07 Å². The van der Waals surface area contributed by atoms with Crippen LogP contribution in [0.3, 0.4) is 0 Å². The Kier molecular flexibility index (Phi) is 6.92. The first-order valence-electron chi connectivity index (χ1n) is 8.67. The predicted molar refractivity (Wildman–Crippen MR) is 102 cm³/mol. The molecule has 0 aliphatic carbocycles. The molecule has 8 heteroatoms. The number of hydrogen-bond donors (Lipinski definition) is 1. The van der Waals surface area contributed by atoms with E-state index in [9.17, 15) is 17.6 Å².